The van der Waals surface area contributed by atoms with Crippen molar-refractivity contribution < 1.29 is 14.0 Å². The van der Waals surface area contributed by atoms with Crippen LogP contribution in [-0.4, -0.2) is 32.6 Å². The molecule has 0 radical (unpaired) electrons. The van der Waals surface area contributed by atoms with Crippen LogP contribution >= 0.6 is 0 Å². The van der Waals surface area contributed by atoms with Gasteiger partial charge in [-0.2, -0.15) is 5.10 Å². The molecule has 0 bridgehead atoms. The van der Waals surface area contributed by atoms with E-state index in [0.717, 1.165) is 22.4 Å². The van der Waals surface area contributed by atoms with Gasteiger partial charge in [-0.25, -0.2) is 4.39 Å². The Bertz CT molecular complexity index is 1210. The van der Waals surface area contributed by atoms with Crippen molar-refractivity contribution in [2.75, 3.05) is 5.32 Å². The molecule has 4 rings (SSSR count). The van der Waals surface area contributed by atoms with E-state index in [1.807, 2.05) is 44.2 Å². The SMILES string of the molecule is Cc1ccnc(C)c1-c1ccc(NC(=O)[C@@H](NC(=O)c2ccnn2C)[C@H]2CC=C(F)CC2)cc1. The van der Waals surface area contributed by atoms with Crippen molar-refractivity contribution in [3.8, 4) is 11.1 Å². The zero-order valence-corrected chi connectivity index (χ0v) is 19.5. The maximum Gasteiger partial charge on any atom is 0.270 e. The van der Waals surface area contributed by atoms with E-state index < -0.39 is 11.9 Å². The second-order valence-electron chi connectivity index (χ2n) is 8.63. The topological polar surface area (TPSA) is 88.9 Å². The molecule has 2 N–H and O–H groups in total. The molecule has 2 amide bonds. The summed E-state index contributed by atoms with van der Waals surface area (Å²) in [7, 11) is 1.66. The molecule has 2 aromatic heterocycles. The summed E-state index contributed by atoms with van der Waals surface area (Å²) in [5.74, 6) is -1.12. The number of aryl methyl sites for hydroxylation is 3. The molecular weight excluding hydrogens is 433 g/mol. The highest BCUT2D eigenvalue weighted by molar-refractivity contribution is 6.00. The van der Waals surface area contributed by atoms with E-state index in [-0.39, 0.29) is 24.1 Å². The van der Waals surface area contributed by atoms with Crippen molar-refractivity contribution in [1.29, 1.82) is 0 Å². The minimum atomic E-state index is -0.811. The second kappa shape index (κ2) is 9.99. The molecule has 0 fully saturated rings. The molecule has 8 heteroatoms. The van der Waals surface area contributed by atoms with Gasteiger partial charge in [0.1, 0.15) is 11.7 Å². The molecule has 1 aliphatic rings. The number of halogens is 1. The van der Waals surface area contributed by atoms with E-state index in [1.165, 1.54) is 17.0 Å². The lowest BCUT2D eigenvalue weighted by atomic mass is 9.86. The summed E-state index contributed by atoms with van der Waals surface area (Å²) in [6, 6.07) is 10.3. The van der Waals surface area contributed by atoms with Gasteiger partial charge in [0, 0.05) is 36.4 Å². The zero-order valence-electron chi connectivity index (χ0n) is 19.5. The summed E-state index contributed by atoms with van der Waals surface area (Å²) < 4.78 is 15.0. The van der Waals surface area contributed by atoms with Gasteiger partial charge in [-0.3, -0.25) is 19.3 Å². The number of pyridine rings is 1. The van der Waals surface area contributed by atoms with Crippen molar-refractivity contribution in [1.82, 2.24) is 20.1 Å². The van der Waals surface area contributed by atoms with Crippen molar-refractivity contribution in [2.24, 2.45) is 13.0 Å². The lowest BCUT2D eigenvalue weighted by Crippen LogP contribution is -2.49. The van der Waals surface area contributed by atoms with E-state index in [9.17, 15) is 14.0 Å². The molecule has 34 heavy (non-hydrogen) atoms. The third-order valence-electron chi connectivity index (χ3n) is 6.28. The lowest BCUT2D eigenvalue weighted by Gasteiger charge is -2.28. The number of anilines is 1. The van der Waals surface area contributed by atoms with Crippen molar-refractivity contribution in [3.63, 3.8) is 0 Å². The van der Waals surface area contributed by atoms with Crippen LogP contribution in [0.1, 0.15) is 41.0 Å². The molecule has 0 saturated carbocycles. The predicted octanol–water partition coefficient (Wildman–Crippen LogP) is 4.49. The quantitative estimate of drug-likeness (QED) is 0.566. The van der Waals surface area contributed by atoms with Crippen LogP contribution in [0.3, 0.4) is 0 Å². The minimum absolute atomic E-state index is 0.176. The summed E-state index contributed by atoms with van der Waals surface area (Å²) in [4.78, 5) is 30.5. The van der Waals surface area contributed by atoms with Gasteiger partial charge in [-0.15, -0.1) is 0 Å². The Kier molecular flexibility index (Phi) is 6.86. The summed E-state index contributed by atoms with van der Waals surface area (Å²) in [5, 5.41) is 9.78. The average Bonchev–Trinajstić information content (AvgIpc) is 3.25. The fraction of sp³-hybridized carbons (Fsp3) is 0.308. The van der Waals surface area contributed by atoms with Crippen LogP contribution in [0.4, 0.5) is 10.1 Å². The van der Waals surface area contributed by atoms with Crippen molar-refractivity contribution >= 4 is 17.5 Å². The number of benzene rings is 1. The van der Waals surface area contributed by atoms with E-state index in [0.29, 0.717) is 24.2 Å². The number of amides is 2. The van der Waals surface area contributed by atoms with Gasteiger partial charge in [-0.1, -0.05) is 18.2 Å². The summed E-state index contributed by atoms with van der Waals surface area (Å²) in [5.41, 5.74) is 5.10. The molecule has 0 saturated heterocycles. The Morgan fingerprint density at radius 2 is 1.88 bits per heavy atom. The van der Waals surface area contributed by atoms with Gasteiger partial charge in [0.15, 0.2) is 0 Å². The second-order valence-corrected chi connectivity index (χ2v) is 8.63. The Labute approximate surface area is 198 Å². The predicted molar refractivity (Wildman–Crippen MR) is 129 cm³/mol. The molecule has 0 spiro atoms. The highest BCUT2D eigenvalue weighted by Crippen LogP contribution is 2.29. The Morgan fingerprint density at radius 1 is 1.12 bits per heavy atom. The van der Waals surface area contributed by atoms with E-state index in [1.54, 1.807) is 19.3 Å². The number of aromatic nitrogens is 3. The monoisotopic (exact) mass is 461 g/mol. The van der Waals surface area contributed by atoms with Crippen LogP contribution in [0.2, 0.25) is 0 Å². The van der Waals surface area contributed by atoms with Crippen LogP contribution in [0.5, 0.6) is 0 Å². The van der Waals surface area contributed by atoms with Gasteiger partial charge in [-0.05, 0) is 74.4 Å². The maximum atomic E-state index is 13.6. The first-order valence-corrected chi connectivity index (χ1v) is 11.3. The van der Waals surface area contributed by atoms with Crippen LogP contribution < -0.4 is 10.6 Å². The molecule has 0 unspecified atom stereocenters. The average molecular weight is 462 g/mol. The van der Waals surface area contributed by atoms with E-state index in [4.69, 9.17) is 0 Å². The molecule has 1 aliphatic carbocycles. The standard InChI is InChI=1S/C26H28FN5O2/c1-16-12-14-28-17(2)23(16)18-6-10-21(11-7-18)30-26(34)24(19-4-8-20(27)9-5-19)31-25(33)22-13-15-29-32(22)3/h6-8,10-15,19,24H,4-5,9H2,1-3H3,(H,30,34)(H,31,33)/t19-,24-/m0/s1. The van der Waals surface area contributed by atoms with Gasteiger partial charge >= 0.3 is 0 Å². The molecule has 0 aliphatic heterocycles. The number of hydrogen-bond acceptors (Lipinski definition) is 4. The number of carbonyl (C=O) groups excluding carboxylic acids is 2. The number of carbonyl (C=O) groups is 2. The van der Waals surface area contributed by atoms with Crippen molar-refractivity contribution in [2.45, 2.75) is 39.2 Å². The smallest absolute Gasteiger partial charge is 0.270 e. The summed E-state index contributed by atoms with van der Waals surface area (Å²) in [6.07, 6.45) is 5.93. The normalized spacial score (nSPS) is 16.5. The Hall–Kier alpha value is -3.81. The number of hydrogen-bond donors (Lipinski definition) is 2. The van der Waals surface area contributed by atoms with Gasteiger partial charge < -0.3 is 10.6 Å². The van der Waals surface area contributed by atoms with Gasteiger partial charge in [0.05, 0.1) is 5.83 Å². The number of allylic oxidation sites excluding steroid dienone is 2. The molecule has 2 atom stereocenters. The summed E-state index contributed by atoms with van der Waals surface area (Å²) in [6.45, 7) is 4.01. The summed E-state index contributed by atoms with van der Waals surface area (Å²) >= 11 is 0. The first-order valence-electron chi connectivity index (χ1n) is 11.3. The third-order valence-corrected chi connectivity index (χ3v) is 6.28. The Morgan fingerprint density at radius 3 is 2.50 bits per heavy atom. The first kappa shape index (κ1) is 23.4. The minimum Gasteiger partial charge on any atom is -0.339 e. The molecular formula is C26H28FN5O2. The molecule has 2 heterocycles. The number of nitrogens with one attached hydrogen (secondary N) is 2. The van der Waals surface area contributed by atoms with Crippen LogP contribution in [0.15, 0.2) is 60.7 Å². The lowest BCUT2D eigenvalue weighted by molar-refractivity contribution is -0.119. The molecule has 176 valence electrons. The van der Waals surface area contributed by atoms with Crippen LogP contribution in [0, 0.1) is 19.8 Å². The van der Waals surface area contributed by atoms with E-state index in [2.05, 4.69) is 20.7 Å². The molecule has 7 nitrogen and oxygen atoms in total. The first-order chi connectivity index (χ1) is 16.3. The van der Waals surface area contributed by atoms with Crippen LogP contribution in [-0.2, 0) is 11.8 Å². The van der Waals surface area contributed by atoms with Crippen molar-refractivity contribution in [3.05, 3.63) is 77.6 Å². The number of nitrogens with zero attached hydrogens (tertiary/aromatic N) is 3. The molecule has 1 aromatic carbocycles. The van der Waals surface area contributed by atoms with Crippen LogP contribution in [0.25, 0.3) is 11.1 Å². The largest absolute Gasteiger partial charge is 0.339 e. The van der Waals surface area contributed by atoms with Gasteiger partial charge in [0.25, 0.3) is 5.91 Å². The maximum absolute atomic E-state index is 13.6. The third kappa shape index (κ3) is 5.06. The van der Waals surface area contributed by atoms with E-state index >= 15 is 0 Å². The van der Waals surface area contributed by atoms with Gasteiger partial charge in [0.2, 0.25) is 5.91 Å². The highest BCUT2D eigenvalue weighted by Gasteiger charge is 2.32. The molecule has 3 aromatic rings. The number of rotatable bonds is 6. The zero-order chi connectivity index (χ0) is 24.2. The fourth-order valence-electron chi connectivity index (χ4n) is 4.41. The highest BCUT2D eigenvalue weighted by atomic mass is 19.1. The fourth-order valence-corrected chi connectivity index (χ4v) is 4.41. The Balaban J connectivity index is 1.53.